The van der Waals surface area contributed by atoms with Gasteiger partial charge in [-0.3, -0.25) is 19.2 Å². The Morgan fingerprint density at radius 2 is 1.22 bits per heavy atom. The Kier molecular flexibility index (Phi) is 9.33. The Bertz CT molecular complexity index is 1200. The highest BCUT2D eigenvalue weighted by atomic mass is 16.5. The van der Waals surface area contributed by atoms with Crippen molar-refractivity contribution in [3.63, 3.8) is 0 Å². The molecule has 0 aliphatic rings. The molecule has 2 N–H and O–H groups in total. The van der Waals surface area contributed by atoms with Gasteiger partial charge in [-0.25, -0.2) is 0 Å². The van der Waals surface area contributed by atoms with Crippen LogP contribution < -0.4 is 15.4 Å². The third-order valence-electron chi connectivity index (χ3n) is 5.12. The van der Waals surface area contributed by atoms with E-state index in [9.17, 15) is 19.2 Å². The number of aryl methyl sites for hydroxylation is 1. The standard InChI is InChI=1S/C28H28N2O6/c1-19-6-14-24(15-7-19)36-25-16-12-23(13-17-25)29-26(32)4-3-5-28(34)35-18-27(33)30-22-10-8-21(9-11-22)20(2)31/h6-17H,3-5,18H2,1-2H3,(H,29,32)(H,30,33). The van der Waals surface area contributed by atoms with E-state index in [1.54, 1.807) is 48.5 Å². The first-order chi connectivity index (χ1) is 17.3. The van der Waals surface area contributed by atoms with Crippen LogP contribution in [0.25, 0.3) is 0 Å². The summed E-state index contributed by atoms with van der Waals surface area (Å²) in [5, 5.41) is 5.35. The number of nitrogens with one attached hydrogen (secondary N) is 2. The fourth-order valence-corrected chi connectivity index (χ4v) is 3.17. The lowest BCUT2D eigenvalue weighted by atomic mass is 10.1. The molecule has 8 nitrogen and oxygen atoms in total. The molecule has 0 aliphatic heterocycles. The highest BCUT2D eigenvalue weighted by Gasteiger charge is 2.10. The molecule has 2 amide bonds. The van der Waals surface area contributed by atoms with Crippen molar-refractivity contribution >= 4 is 34.9 Å². The van der Waals surface area contributed by atoms with Gasteiger partial charge in [0, 0.05) is 29.8 Å². The van der Waals surface area contributed by atoms with Gasteiger partial charge in [0.2, 0.25) is 5.91 Å². The third kappa shape index (κ3) is 8.72. The Balaban J connectivity index is 1.32. The number of hydrogen-bond donors (Lipinski definition) is 2. The predicted octanol–water partition coefficient (Wildman–Crippen LogP) is 5.28. The number of ketones is 1. The van der Waals surface area contributed by atoms with Crippen LogP contribution in [0.1, 0.15) is 42.1 Å². The van der Waals surface area contributed by atoms with Crippen molar-refractivity contribution in [1.82, 2.24) is 0 Å². The molecule has 36 heavy (non-hydrogen) atoms. The summed E-state index contributed by atoms with van der Waals surface area (Å²) >= 11 is 0. The summed E-state index contributed by atoms with van der Waals surface area (Å²) in [4.78, 5) is 47.2. The second-order valence-corrected chi connectivity index (χ2v) is 8.18. The molecule has 8 heteroatoms. The van der Waals surface area contributed by atoms with E-state index in [2.05, 4.69) is 10.6 Å². The van der Waals surface area contributed by atoms with Crippen molar-refractivity contribution < 1.29 is 28.7 Å². The number of amides is 2. The summed E-state index contributed by atoms with van der Waals surface area (Å²) < 4.78 is 10.7. The molecule has 0 bridgehead atoms. The SMILES string of the molecule is CC(=O)c1ccc(NC(=O)COC(=O)CCCC(=O)Nc2ccc(Oc3ccc(C)cc3)cc2)cc1. The number of carbonyl (C=O) groups excluding carboxylic acids is 4. The van der Waals surface area contributed by atoms with Gasteiger partial charge in [0.15, 0.2) is 12.4 Å². The van der Waals surface area contributed by atoms with E-state index >= 15 is 0 Å². The first-order valence-electron chi connectivity index (χ1n) is 11.5. The average Bonchev–Trinajstić information content (AvgIpc) is 2.86. The van der Waals surface area contributed by atoms with E-state index in [4.69, 9.17) is 9.47 Å². The van der Waals surface area contributed by atoms with Crippen LogP contribution >= 0.6 is 0 Å². The highest BCUT2D eigenvalue weighted by molar-refractivity contribution is 5.96. The minimum atomic E-state index is -0.567. The molecule has 0 heterocycles. The van der Waals surface area contributed by atoms with E-state index in [-0.39, 0.29) is 31.0 Å². The maximum atomic E-state index is 12.2. The zero-order valence-corrected chi connectivity index (χ0v) is 20.2. The van der Waals surface area contributed by atoms with Crippen LogP contribution in [0.3, 0.4) is 0 Å². The molecule has 0 radical (unpaired) electrons. The number of carbonyl (C=O) groups is 4. The molecular formula is C28H28N2O6. The number of rotatable bonds is 11. The number of hydrogen-bond acceptors (Lipinski definition) is 6. The molecule has 0 aliphatic carbocycles. The molecule has 0 saturated heterocycles. The second-order valence-electron chi connectivity index (χ2n) is 8.18. The molecule has 0 spiro atoms. The minimum absolute atomic E-state index is 0.0112. The summed E-state index contributed by atoms with van der Waals surface area (Å²) in [5.41, 5.74) is 2.79. The summed E-state index contributed by atoms with van der Waals surface area (Å²) in [6, 6.07) is 21.1. The molecule has 0 atom stereocenters. The molecule has 0 aromatic heterocycles. The van der Waals surface area contributed by atoms with Crippen molar-refractivity contribution in [2.75, 3.05) is 17.2 Å². The molecule has 3 rings (SSSR count). The zero-order chi connectivity index (χ0) is 25.9. The molecular weight excluding hydrogens is 460 g/mol. The Labute approximate surface area is 209 Å². The molecule has 0 unspecified atom stereocenters. The van der Waals surface area contributed by atoms with Crippen LogP contribution in [0.15, 0.2) is 72.8 Å². The van der Waals surface area contributed by atoms with Crippen molar-refractivity contribution in [1.29, 1.82) is 0 Å². The summed E-state index contributed by atoms with van der Waals surface area (Å²) in [6.45, 7) is 3.02. The molecule has 186 valence electrons. The van der Waals surface area contributed by atoms with Crippen LogP contribution in [0, 0.1) is 6.92 Å². The monoisotopic (exact) mass is 488 g/mol. The maximum Gasteiger partial charge on any atom is 0.306 e. The highest BCUT2D eigenvalue weighted by Crippen LogP contribution is 2.23. The van der Waals surface area contributed by atoms with E-state index in [1.807, 2.05) is 31.2 Å². The predicted molar refractivity (Wildman–Crippen MR) is 136 cm³/mol. The Hall–Kier alpha value is -4.46. The number of anilines is 2. The average molecular weight is 489 g/mol. The Morgan fingerprint density at radius 3 is 1.81 bits per heavy atom. The zero-order valence-electron chi connectivity index (χ0n) is 20.2. The van der Waals surface area contributed by atoms with Gasteiger partial charge in [0.1, 0.15) is 11.5 Å². The number of Topliss-reactive ketones (excluding diaryl/α,β-unsaturated/α-hetero) is 1. The topological polar surface area (TPSA) is 111 Å². The van der Waals surface area contributed by atoms with E-state index in [0.717, 1.165) is 11.3 Å². The first kappa shape index (κ1) is 26.2. The van der Waals surface area contributed by atoms with Gasteiger partial charge >= 0.3 is 5.97 Å². The largest absolute Gasteiger partial charge is 0.457 e. The van der Waals surface area contributed by atoms with Crippen molar-refractivity contribution in [3.8, 4) is 11.5 Å². The fourth-order valence-electron chi connectivity index (χ4n) is 3.17. The molecule has 3 aromatic carbocycles. The van der Waals surface area contributed by atoms with Crippen LogP contribution in [-0.4, -0.2) is 30.2 Å². The molecule has 0 fully saturated rings. The van der Waals surface area contributed by atoms with E-state index in [1.165, 1.54) is 6.92 Å². The quantitative estimate of drug-likeness (QED) is 0.281. The lowest BCUT2D eigenvalue weighted by Gasteiger charge is -2.09. The van der Waals surface area contributed by atoms with Crippen LogP contribution in [-0.2, 0) is 19.1 Å². The number of ether oxygens (including phenoxy) is 2. The van der Waals surface area contributed by atoms with Crippen molar-refractivity contribution in [2.45, 2.75) is 33.1 Å². The minimum Gasteiger partial charge on any atom is -0.457 e. The van der Waals surface area contributed by atoms with Crippen LogP contribution in [0.2, 0.25) is 0 Å². The second kappa shape index (κ2) is 12.9. The summed E-state index contributed by atoms with van der Waals surface area (Å²) in [6.07, 6.45) is 0.427. The number of benzene rings is 3. The fraction of sp³-hybridized carbons (Fsp3) is 0.214. The van der Waals surface area contributed by atoms with Gasteiger partial charge in [-0.15, -0.1) is 0 Å². The van der Waals surface area contributed by atoms with Crippen molar-refractivity contribution in [3.05, 3.63) is 83.9 Å². The van der Waals surface area contributed by atoms with Gasteiger partial charge < -0.3 is 20.1 Å². The third-order valence-corrected chi connectivity index (χ3v) is 5.12. The van der Waals surface area contributed by atoms with E-state index in [0.29, 0.717) is 22.7 Å². The maximum absolute atomic E-state index is 12.2. The van der Waals surface area contributed by atoms with Gasteiger partial charge in [0.05, 0.1) is 0 Å². The van der Waals surface area contributed by atoms with Gasteiger partial charge in [0.25, 0.3) is 5.91 Å². The normalized spacial score (nSPS) is 10.3. The molecule has 3 aromatic rings. The molecule has 0 saturated carbocycles. The smallest absolute Gasteiger partial charge is 0.306 e. The van der Waals surface area contributed by atoms with Crippen LogP contribution in [0.4, 0.5) is 11.4 Å². The van der Waals surface area contributed by atoms with Gasteiger partial charge in [-0.1, -0.05) is 17.7 Å². The van der Waals surface area contributed by atoms with Gasteiger partial charge in [-0.2, -0.15) is 0 Å². The summed E-state index contributed by atoms with van der Waals surface area (Å²) in [5.74, 6) is 0.00868. The number of esters is 1. The van der Waals surface area contributed by atoms with Gasteiger partial charge in [-0.05, 0) is 80.9 Å². The Morgan fingerprint density at radius 1 is 0.694 bits per heavy atom. The lowest BCUT2D eigenvalue weighted by Crippen LogP contribution is -2.21. The summed E-state index contributed by atoms with van der Waals surface area (Å²) in [7, 11) is 0. The van der Waals surface area contributed by atoms with Crippen molar-refractivity contribution in [2.24, 2.45) is 0 Å². The van der Waals surface area contributed by atoms with Crippen LogP contribution in [0.5, 0.6) is 11.5 Å². The first-order valence-corrected chi connectivity index (χ1v) is 11.5. The lowest BCUT2D eigenvalue weighted by molar-refractivity contribution is -0.147. The van der Waals surface area contributed by atoms with E-state index < -0.39 is 18.5 Å².